The molecule has 0 aliphatic rings. The molecule has 0 aliphatic carbocycles. The highest BCUT2D eigenvalue weighted by atomic mass is 16.5. The smallest absolute Gasteiger partial charge is 0.358 e. The minimum atomic E-state index is -0.524. The molecule has 0 radical (unpaired) electrons. The van der Waals surface area contributed by atoms with E-state index >= 15 is 0 Å². The number of methoxy groups -OCH3 is 1. The molecule has 0 atom stereocenters. The Morgan fingerprint density at radius 2 is 2.00 bits per heavy atom. The number of carbonyl (C=O) groups is 2. The van der Waals surface area contributed by atoms with Crippen LogP contribution in [0.4, 0.5) is 0 Å². The van der Waals surface area contributed by atoms with Crippen LogP contribution >= 0.6 is 0 Å². The normalized spacial score (nSPS) is 10.3. The van der Waals surface area contributed by atoms with E-state index in [4.69, 9.17) is 14.2 Å². The van der Waals surface area contributed by atoms with Crippen LogP contribution < -0.4 is 10.1 Å². The van der Waals surface area contributed by atoms with E-state index in [1.807, 2.05) is 24.3 Å². The minimum absolute atomic E-state index is 0.0884. The van der Waals surface area contributed by atoms with Crippen LogP contribution in [0.3, 0.4) is 0 Å². The molecular formula is C17H21N3O5. The molecule has 134 valence electrons. The maximum Gasteiger partial charge on any atom is 0.358 e. The number of nitrogens with zero attached hydrogens (tertiary/aromatic N) is 1. The summed E-state index contributed by atoms with van der Waals surface area (Å²) in [4.78, 5) is 30.2. The number of imidazole rings is 1. The fraction of sp³-hybridized carbons (Fsp3) is 0.353. The lowest BCUT2D eigenvalue weighted by Crippen LogP contribution is -2.28. The predicted octanol–water partition coefficient (Wildman–Crippen LogP) is 1.43. The third-order valence-corrected chi connectivity index (χ3v) is 3.31. The van der Waals surface area contributed by atoms with Gasteiger partial charge in [0.2, 0.25) is 5.91 Å². The topological polar surface area (TPSA) is 103 Å². The summed E-state index contributed by atoms with van der Waals surface area (Å²) in [7, 11) is 1.60. The number of aromatic amines is 1. The lowest BCUT2D eigenvalue weighted by molar-refractivity contribution is -0.126. The zero-order valence-electron chi connectivity index (χ0n) is 14.2. The Bertz CT molecular complexity index is 697. The number of ether oxygens (including phenoxy) is 3. The van der Waals surface area contributed by atoms with E-state index in [9.17, 15) is 9.59 Å². The lowest BCUT2D eigenvalue weighted by Gasteiger charge is -2.07. The van der Waals surface area contributed by atoms with Crippen molar-refractivity contribution in [1.29, 1.82) is 0 Å². The highest BCUT2D eigenvalue weighted by Crippen LogP contribution is 2.11. The molecule has 8 nitrogen and oxygen atoms in total. The first-order valence-electron chi connectivity index (χ1n) is 7.80. The molecule has 2 N–H and O–H groups in total. The van der Waals surface area contributed by atoms with Gasteiger partial charge < -0.3 is 24.5 Å². The number of aromatic nitrogens is 2. The minimum Gasteiger partial charge on any atom is -0.497 e. The van der Waals surface area contributed by atoms with E-state index in [-0.39, 0.29) is 31.4 Å². The number of esters is 1. The fourth-order valence-electron chi connectivity index (χ4n) is 2.05. The number of benzene rings is 1. The summed E-state index contributed by atoms with van der Waals surface area (Å²) in [6.07, 6.45) is 1.38. The first kappa shape index (κ1) is 18.5. The van der Waals surface area contributed by atoms with Crippen LogP contribution in [0.25, 0.3) is 0 Å². The quantitative estimate of drug-likeness (QED) is 0.665. The molecule has 1 aromatic heterocycles. The Morgan fingerprint density at radius 3 is 2.68 bits per heavy atom. The zero-order chi connectivity index (χ0) is 18.1. The molecule has 1 amide bonds. The maximum atomic E-state index is 11.8. The summed E-state index contributed by atoms with van der Waals surface area (Å²) in [6.45, 7) is 2.34. The largest absolute Gasteiger partial charge is 0.497 e. The molecule has 0 spiro atoms. The number of nitrogens with one attached hydrogen (secondary N) is 2. The highest BCUT2D eigenvalue weighted by molar-refractivity contribution is 5.88. The summed E-state index contributed by atoms with van der Waals surface area (Å²) >= 11 is 0. The first-order valence-corrected chi connectivity index (χ1v) is 7.80. The Labute approximate surface area is 145 Å². The fourth-order valence-corrected chi connectivity index (χ4v) is 2.05. The van der Waals surface area contributed by atoms with E-state index in [0.29, 0.717) is 12.3 Å². The van der Waals surface area contributed by atoms with Crippen LogP contribution in [0.1, 0.15) is 28.7 Å². The molecule has 25 heavy (non-hydrogen) atoms. The van der Waals surface area contributed by atoms with Crippen molar-refractivity contribution in [3.63, 3.8) is 0 Å². The number of H-pyrrole nitrogens is 1. The monoisotopic (exact) mass is 347 g/mol. The molecule has 1 heterocycles. The van der Waals surface area contributed by atoms with Crippen molar-refractivity contribution in [3.8, 4) is 5.75 Å². The number of carbonyl (C=O) groups excluding carboxylic acids is 2. The Morgan fingerprint density at radius 1 is 1.24 bits per heavy atom. The van der Waals surface area contributed by atoms with Gasteiger partial charge in [0, 0.05) is 0 Å². The molecule has 0 saturated carbocycles. The third-order valence-electron chi connectivity index (χ3n) is 3.31. The molecule has 0 unspecified atom stereocenters. The predicted molar refractivity (Wildman–Crippen MR) is 89.0 cm³/mol. The van der Waals surface area contributed by atoms with Crippen LogP contribution in [0.15, 0.2) is 30.6 Å². The Hall–Kier alpha value is -2.87. The van der Waals surface area contributed by atoms with Crippen LogP contribution in [0, 0.1) is 0 Å². The summed E-state index contributed by atoms with van der Waals surface area (Å²) in [5.74, 6) is -0.0554. The lowest BCUT2D eigenvalue weighted by atomic mass is 10.2. The van der Waals surface area contributed by atoms with Crippen LogP contribution in [0.5, 0.6) is 5.75 Å². The molecule has 0 fully saturated rings. The van der Waals surface area contributed by atoms with Crippen molar-refractivity contribution < 1.29 is 23.8 Å². The van der Waals surface area contributed by atoms with Gasteiger partial charge in [-0.25, -0.2) is 9.78 Å². The van der Waals surface area contributed by atoms with Crippen molar-refractivity contribution in [2.45, 2.75) is 20.1 Å². The summed E-state index contributed by atoms with van der Waals surface area (Å²) < 4.78 is 15.3. The first-order chi connectivity index (χ1) is 12.1. The van der Waals surface area contributed by atoms with Crippen LogP contribution in [-0.2, 0) is 27.4 Å². The van der Waals surface area contributed by atoms with Gasteiger partial charge >= 0.3 is 5.97 Å². The van der Waals surface area contributed by atoms with Crippen LogP contribution in [0.2, 0.25) is 0 Å². The Kier molecular flexibility index (Phi) is 6.97. The third kappa shape index (κ3) is 5.61. The van der Waals surface area contributed by atoms with Gasteiger partial charge in [-0.3, -0.25) is 4.79 Å². The number of hydrogen-bond acceptors (Lipinski definition) is 6. The van der Waals surface area contributed by atoms with Crippen molar-refractivity contribution in [2.24, 2.45) is 0 Å². The zero-order valence-corrected chi connectivity index (χ0v) is 14.2. The number of hydrogen-bond donors (Lipinski definition) is 2. The van der Waals surface area contributed by atoms with Gasteiger partial charge in [0.25, 0.3) is 0 Å². The molecule has 2 aromatic rings. The molecule has 8 heteroatoms. The molecule has 0 aliphatic heterocycles. The second kappa shape index (κ2) is 9.43. The van der Waals surface area contributed by atoms with Gasteiger partial charge in [-0.15, -0.1) is 0 Å². The summed E-state index contributed by atoms with van der Waals surface area (Å²) in [5.41, 5.74) is 1.59. The van der Waals surface area contributed by atoms with Gasteiger partial charge in [-0.05, 0) is 24.6 Å². The van der Waals surface area contributed by atoms with Crippen molar-refractivity contribution >= 4 is 11.9 Å². The van der Waals surface area contributed by atoms with Crippen molar-refractivity contribution in [3.05, 3.63) is 47.5 Å². The van der Waals surface area contributed by atoms with E-state index in [0.717, 1.165) is 11.3 Å². The van der Waals surface area contributed by atoms with Crippen molar-refractivity contribution in [1.82, 2.24) is 15.3 Å². The molecule has 0 bridgehead atoms. The molecule has 2 rings (SSSR count). The number of rotatable bonds is 9. The SMILES string of the molecule is CCOC(=O)c1nc[nH]c1CNC(=O)COCc1ccc(OC)cc1. The van der Waals surface area contributed by atoms with Gasteiger partial charge in [0.15, 0.2) is 5.69 Å². The Balaban J connectivity index is 1.74. The summed E-state index contributed by atoms with van der Waals surface area (Å²) in [6, 6.07) is 7.39. The second-order valence-corrected chi connectivity index (χ2v) is 5.07. The van der Waals surface area contributed by atoms with E-state index in [2.05, 4.69) is 15.3 Å². The number of amides is 1. The second-order valence-electron chi connectivity index (χ2n) is 5.07. The van der Waals surface area contributed by atoms with Crippen LogP contribution in [-0.4, -0.2) is 42.2 Å². The van der Waals surface area contributed by atoms with E-state index in [1.165, 1.54) is 6.33 Å². The standard InChI is InChI=1S/C17H21N3O5/c1-3-25-17(22)16-14(19-11-20-16)8-18-15(21)10-24-9-12-4-6-13(23-2)7-5-12/h4-7,11H,3,8-10H2,1-2H3,(H,18,21)(H,19,20). The van der Waals surface area contributed by atoms with Gasteiger partial charge in [0.1, 0.15) is 12.4 Å². The van der Waals surface area contributed by atoms with Gasteiger partial charge in [-0.1, -0.05) is 12.1 Å². The van der Waals surface area contributed by atoms with Gasteiger partial charge in [-0.2, -0.15) is 0 Å². The average Bonchev–Trinajstić information content (AvgIpc) is 3.09. The summed E-state index contributed by atoms with van der Waals surface area (Å²) in [5, 5.41) is 2.66. The highest BCUT2D eigenvalue weighted by Gasteiger charge is 2.16. The molecular weight excluding hydrogens is 326 g/mol. The van der Waals surface area contributed by atoms with E-state index in [1.54, 1.807) is 14.0 Å². The van der Waals surface area contributed by atoms with Crippen molar-refractivity contribution in [2.75, 3.05) is 20.3 Å². The maximum absolute atomic E-state index is 11.8. The average molecular weight is 347 g/mol. The molecule has 0 saturated heterocycles. The van der Waals surface area contributed by atoms with Gasteiger partial charge in [0.05, 0.1) is 38.9 Å². The molecule has 1 aromatic carbocycles. The van der Waals surface area contributed by atoms with E-state index < -0.39 is 5.97 Å².